The third-order valence-electron chi connectivity index (χ3n) is 12.9. The van der Waals surface area contributed by atoms with E-state index in [0.717, 1.165) is 19.3 Å². The molecule has 59 heavy (non-hydrogen) atoms. The van der Waals surface area contributed by atoms with E-state index in [-0.39, 0.29) is 37.2 Å². The van der Waals surface area contributed by atoms with Crippen molar-refractivity contribution in [2.75, 3.05) is 21.2 Å². The van der Waals surface area contributed by atoms with Gasteiger partial charge in [-0.05, 0) is 91.6 Å². The monoisotopic (exact) mass is 837 g/mol. The number of phenolic OH excluding ortho intramolecular Hbond substituents is 1. The molecule has 1 aromatic rings. The van der Waals surface area contributed by atoms with Gasteiger partial charge in [0.25, 0.3) is 0 Å². The summed E-state index contributed by atoms with van der Waals surface area (Å²) in [5.74, 6) is -6.11. The first-order valence-corrected chi connectivity index (χ1v) is 21.3. The van der Waals surface area contributed by atoms with Crippen molar-refractivity contribution in [3.8, 4) is 5.75 Å². The van der Waals surface area contributed by atoms with Crippen LogP contribution in [0.15, 0.2) is 29.4 Å². The molecule has 15 nitrogen and oxygen atoms in total. The van der Waals surface area contributed by atoms with Crippen LogP contribution >= 0.6 is 0 Å². The SMILES string of the molecule is CC[C@H]1OC(=O)[C@H](C)[C@@H](OC(=O)Cc2ccc(O)cc2)[C@H](C)[C@@H](O[C@@H]2O[C@H](C)C[C@H](N(C)C)[C@H]2O)[C@@](C)(O)C[C@H](C)/C(=N\OC2(OC)CCCCC2)[C@H](C)[C@@H](O)[C@]1(C)O. The van der Waals surface area contributed by atoms with Gasteiger partial charge in [-0.1, -0.05) is 51.4 Å². The Morgan fingerprint density at radius 3 is 2.19 bits per heavy atom. The average molecular weight is 837 g/mol. The molecule has 3 fully saturated rings. The maximum Gasteiger partial charge on any atom is 0.312 e. The second-order valence-corrected chi connectivity index (χ2v) is 18.1. The summed E-state index contributed by atoms with van der Waals surface area (Å²) >= 11 is 0. The minimum atomic E-state index is -1.99. The van der Waals surface area contributed by atoms with Crippen molar-refractivity contribution in [3.63, 3.8) is 0 Å². The average Bonchev–Trinajstić information content (AvgIpc) is 3.18. The number of aromatic hydroxyl groups is 1. The largest absolute Gasteiger partial charge is 0.508 e. The number of likely N-dealkylation sites (N-methyl/N-ethyl adjacent to an activating group) is 1. The van der Waals surface area contributed by atoms with Crippen molar-refractivity contribution in [2.24, 2.45) is 28.8 Å². The molecule has 15 heteroatoms. The number of methoxy groups -OCH3 is 1. The lowest BCUT2D eigenvalue weighted by Gasteiger charge is -2.47. The van der Waals surface area contributed by atoms with Gasteiger partial charge in [0.05, 0.1) is 42.0 Å². The Balaban J connectivity index is 1.86. The van der Waals surface area contributed by atoms with Gasteiger partial charge in [0.15, 0.2) is 6.29 Å². The molecule has 1 saturated carbocycles. The van der Waals surface area contributed by atoms with E-state index in [1.807, 2.05) is 32.8 Å². The van der Waals surface area contributed by atoms with E-state index in [0.29, 0.717) is 30.5 Å². The standard InChI is InChI=1S/C44H72N2O13/c1-12-33-43(8,53)38(50)27(4)35(45-59-44(54-11)20-14-13-15-21-44)25(2)24-42(7,52)39(58-41-36(49)32(46(9)10)22-26(3)55-41)28(5)37(29(6)40(51)56-33)57-34(48)23-30-16-18-31(47)19-17-30/h16-19,25-29,32-33,36-39,41,47,49-50,52-53H,12-15,20-24H2,1-11H3/b45-35+/t25-,26+,27-,28-,29+,32-,33+,36+,37-,38+,39+,41-,42-,43+/m0/s1. The van der Waals surface area contributed by atoms with E-state index in [1.165, 1.54) is 26.0 Å². The molecule has 0 spiro atoms. The summed E-state index contributed by atoms with van der Waals surface area (Å²) in [4.78, 5) is 36.1. The van der Waals surface area contributed by atoms with Crippen LogP contribution in [0.1, 0.15) is 112 Å². The van der Waals surface area contributed by atoms with Crippen molar-refractivity contribution >= 4 is 17.7 Å². The number of aliphatic hydroxyl groups is 4. The van der Waals surface area contributed by atoms with Gasteiger partial charge in [-0.25, -0.2) is 0 Å². The summed E-state index contributed by atoms with van der Waals surface area (Å²) in [5.41, 5.74) is -2.92. The second kappa shape index (κ2) is 20.3. The highest BCUT2D eigenvalue weighted by Gasteiger charge is 2.52. The number of oxime groups is 1. The van der Waals surface area contributed by atoms with Gasteiger partial charge < -0.3 is 59.0 Å². The minimum absolute atomic E-state index is 0.0281. The summed E-state index contributed by atoms with van der Waals surface area (Å²) in [6.07, 6.45) is -3.57. The Hall–Kier alpha value is -2.89. The number of cyclic esters (lactones) is 1. The Bertz CT molecular complexity index is 1550. The van der Waals surface area contributed by atoms with Crippen molar-refractivity contribution in [2.45, 2.75) is 179 Å². The van der Waals surface area contributed by atoms with Crippen LogP contribution in [0.3, 0.4) is 0 Å². The predicted molar refractivity (Wildman–Crippen MR) is 219 cm³/mol. The van der Waals surface area contributed by atoms with Crippen molar-refractivity contribution < 1.29 is 63.6 Å². The quantitative estimate of drug-likeness (QED) is 0.125. The van der Waals surface area contributed by atoms with E-state index < -0.39 is 89.4 Å². The summed E-state index contributed by atoms with van der Waals surface area (Å²) < 4.78 is 30.9. The molecule has 0 radical (unpaired) electrons. The molecule has 0 bridgehead atoms. The number of hydrogen-bond donors (Lipinski definition) is 5. The molecule has 2 heterocycles. The molecular formula is C44H72N2O13. The number of ether oxygens (including phenoxy) is 5. The third-order valence-corrected chi connectivity index (χ3v) is 12.9. The number of aliphatic hydroxyl groups excluding tert-OH is 2. The molecule has 1 aromatic carbocycles. The normalized spacial score (nSPS) is 39.6. The van der Waals surface area contributed by atoms with E-state index >= 15 is 0 Å². The fraction of sp³-hybridized carbons (Fsp3) is 0.795. The Morgan fingerprint density at radius 2 is 1.61 bits per heavy atom. The summed E-state index contributed by atoms with van der Waals surface area (Å²) in [7, 11) is 5.27. The number of carbonyl (C=O) groups is 2. The lowest BCUT2D eigenvalue weighted by Crippen LogP contribution is -2.60. The van der Waals surface area contributed by atoms with E-state index in [2.05, 4.69) is 5.16 Å². The number of carbonyl (C=O) groups excluding carboxylic acids is 2. The molecule has 14 atom stereocenters. The second-order valence-electron chi connectivity index (χ2n) is 18.1. The van der Waals surface area contributed by atoms with E-state index in [4.69, 9.17) is 28.5 Å². The predicted octanol–water partition coefficient (Wildman–Crippen LogP) is 4.47. The molecule has 5 N–H and O–H groups in total. The van der Waals surface area contributed by atoms with Gasteiger partial charge in [-0.3, -0.25) is 9.59 Å². The number of hydrogen-bond acceptors (Lipinski definition) is 15. The summed E-state index contributed by atoms with van der Waals surface area (Å²) in [6.45, 7) is 13.3. The zero-order chi connectivity index (χ0) is 44.0. The number of rotatable bonds is 10. The van der Waals surface area contributed by atoms with Crippen LogP contribution in [0.4, 0.5) is 0 Å². The van der Waals surface area contributed by atoms with Crippen LogP contribution in [0.25, 0.3) is 0 Å². The van der Waals surface area contributed by atoms with Crippen molar-refractivity contribution in [1.82, 2.24) is 4.90 Å². The zero-order valence-electron chi connectivity index (χ0n) is 37.0. The highest BCUT2D eigenvalue weighted by molar-refractivity contribution is 5.89. The van der Waals surface area contributed by atoms with Gasteiger partial charge in [0.1, 0.15) is 29.7 Å². The van der Waals surface area contributed by atoms with Gasteiger partial charge in [0.2, 0.25) is 5.79 Å². The number of nitrogens with zero attached hydrogens (tertiary/aromatic N) is 2. The first-order valence-electron chi connectivity index (χ1n) is 21.3. The molecule has 0 unspecified atom stereocenters. The van der Waals surface area contributed by atoms with Crippen LogP contribution in [0, 0.1) is 23.7 Å². The van der Waals surface area contributed by atoms with Gasteiger partial charge in [0, 0.05) is 43.7 Å². The van der Waals surface area contributed by atoms with Crippen LogP contribution in [-0.2, 0) is 44.5 Å². The van der Waals surface area contributed by atoms with Crippen LogP contribution < -0.4 is 0 Å². The van der Waals surface area contributed by atoms with E-state index in [9.17, 15) is 35.1 Å². The molecule has 4 rings (SSSR count). The maximum absolute atomic E-state index is 14.2. The fourth-order valence-corrected chi connectivity index (χ4v) is 9.32. The van der Waals surface area contributed by atoms with Crippen LogP contribution in [-0.4, -0.2) is 135 Å². The topological polar surface area (TPSA) is 206 Å². The third kappa shape index (κ3) is 11.7. The molecule has 2 aliphatic heterocycles. The van der Waals surface area contributed by atoms with Gasteiger partial charge in [-0.15, -0.1) is 0 Å². The molecule has 2 saturated heterocycles. The Kier molecular flexibility index (Phi) is 16.8. The first kappa shape index (κ1) is 48.8. The number of esters is 2. The van der Waals surface area contributed by atoms with Crippen molar-refractivity contribution in [1.29, 1.82) is 0 Å². The van der Waals surface area contributed by atoms with Gasteiger partial charge in [-0.2, -0.15) is 0 Å². The number of benzene rings is 1. The molecule has 0 aromatic heterocycles. The Labute approximate surface area is 350 Å². The first-order chi connectivity index (χ1) is 27.6. The van der Waals surface area contributed by atoms with Crippen molar-refractivity contribution in [3.05, 3.63) is 29.8 Å². The van der Waals surface area contributed by atoms with Gasteiger partial charge >= 0.3 is 11.9 Å². The number of phenols is 1. The molecule has 336 valence electrons. The van der Waals surface area contributed by atoms with Crippen LogP contribution in [0.2, 0.25) is 0 Å². The lowest BCUT2D eigenvalue weighted by atomic mass is 9.73. The highest BCUT2D eigenvalue weighted by Crippen LogP contribution is 2.40. The summed E-state index contributed by atoms with van der Waals surface area (Å²) in [5, 5.41) is 62.9. The smallest absolute Gasteiger partial charge is 0.312 e. The fourth-order valence-electron chi connectivity index (χ4n) is 9.32. The highest BCUT2D eigenvalue weighted by atomic mass is 16.8. The van der Waals surface area contributed by atoms with E-state index in [1.54, 1.807) is 46.9 Å². The molecule has 3 aliphatic rings. The minimum Gasteiger partial charge on any atom is -0.508 e. The molecule has 1 aliphatic carbocycles. The molecule has 0 amide bonds. The van der Waals surface area contributed by atoms with Crippen LogP contribution in [0.5, 0.6) is 5.75 Å². The maximum atomic E-state index is 14.2. The molecular weight excluding hydrogens is 764 g/mol. The zero-order valence-corrected chi connectivity index (χ0v) is 37.0. The Morgan fingerprint density at radius 1 is 0.983 bits per heavy atom. The summed E-state index contributed by atoms with van der Waals surface area (Å²) in [6, 6.07) is 5.72. The lowest BCUT2D eigenvalue weighted by molar-refractivity contribution is -0.299.